The monoisotopic (exact) mass is 252 g/mol. The van der Waals surface area contributed by atoms with Gasteiger partial charge in [-0.2, -0.15) is 0 Å². The van der Waals surface area contributed by atoms with Crippen LogP contribution in [0.25, 0.3) is 0 Å². The fourth-order valence-electron chi connectivity index (χ4n) is 2.45. The Bertz CT molecular complexity index is 489. The lowest BCUT2D eigenvalue weighted by Gasteiger charge is -2.19. The van der Waals surface area contributed by atoms with Crippen LogP contribution in [0.15, 0.2) is 71.6 Å². The molecule has 1 aliphatic heterocycles. The molecule has 0 unspecified atom stereocenters. The van der Waals surface area contributed by atoms with E-state index in [1.54, 1.807) is 0 Å². The first-order valence-electron chi connectivity index (χ1n) is 6.38. The van der Waals surface area contributed by atoms with Gasteiger partial charge in [0.1, 0.15) is 0 Å². The molecule has 2 aromatic rings. The van der Waals surface area contributed by atoms with Crippen molar-refractivity contribution in [2.45, 2.75) is 12.3 Å². The maximum Gasteiger partial charge on any atom is 0.0396 e. The molecule has 90 valence electrons. The second-order valence-electron chi connectivity index (χ2n) is 4.50. The third-order valence-electron chi connectivity index (χ3n) is 3.28. The Hall–Kier alpha value is -1.47. The highest BCUT2D eigenvalue weighted by Crippen LogP contribution is 2.41. The summed E-state index contributed by atoms with van der Waals surface area (Å²) in [5.74, 6) is 1.64. The van der Waals surface area contributed by atoms with Crippen LogP contribution in [0.3, 0.4) is 0 Å². The lowest BCUT2D eigenvalue weighted by molar-refractivity contribution is 1.01. The Morgan fingerprint density at radius 1 is 0.778 bits per heavy atom. The van der Waals surface area contributed by atoms with Crippen molar-refractivity contribution in [3.8, 4) is 0 Å². The predicted molar refractivity (Wildman–Crippen MR) is 79.9 cm³/mol. The van der Waals surface area contributed by atoms with Crippen molar-refractivity contribution < 1.29 is 0 Å². The average molecular weight is 252 g/mol. The molecule has 0 aromatic heterocycles. The Labute approximate surface area is 113 Å². The molecule has 0 nitrogen and oxygen atoms in total. The summed E-state index contributed by atoms with van der Waals surface area (Å²) in [6.45, 7) is 0. The minimum Gasteiger partial charge on any atom is -0.130 e. The first-order chi connectivity index (χ1) is 8.95. The molecular weight excluding hydrogens is 236 g/mol. The van der Waals surface area contributed by atoms with E-state index in [9.17, 15) is 0 Å². The number of hydrogen-bond donors (Lipinski definition) is 0. The van der Waals surface area contributed by atoms with Gasteiger partial charge in [0, 0.05) is 11.7 Å². The van der Waals surface area contributed by atoms with E-state index in [4.69, 9.17) is 0 Å². The van der Waals surface area contributed by atoms with Crippen molar-refractivity contribution >= 4 is 11.8 Å². The molecule has 1 aliphatic rings. The third kappa shape index (κ3) is 2.37. The fraction of sp³-hybridized carbons (Fsp3) is 0.176. The number of allylic oxidation sites excluding steroid dienone is 2. The van der Waals surface area contributed by atoms with Crippen LogP contribution in [0.5, 0.6) is 0 Å². The molecule has 0 radical (unpaired) electrons. The van der Waals surface area contributed by atoms with Crippen LogP contribution in [-0.4, -0.2) is 5.75 Å². The van der Waals surface area contributed by atoms with Crippen molar-refractivity contribution in [2.75, 3.05) is 5.75 Å². The molecule has 0 atom stereocenters. The predicted octanol–water partition coefficient (Wildman–Crippen LogP) is 4.84. The fourth-order valence-corrected chi connectivity index (χ4v) is 3.60. The van der Waals surface area contributed by atoms with Crippen LogP contribution in [0.2, 0.25) is 0 Å². The highest BCUT2D eigenvalue weighted by atomic mass is 32.2. The van der Waals surface area contributed by atoms with Gasteiger partial charge in [0.2, 0.25) is 0 Å². The Morgan fingerprint density at radius 2 is 1.33 bits per heavy atom. The van der Waals surface area contributed by atoms with Crippen molar-refractivity contribution in [1.29, 1.82) is 0 Å². The van der Waals surface area contributed by atoms with Gasteiger partial charge in [0.25, 0.3) is 0 Å². The van der Waals surface area contributed by atoms with Crippen LogP contribution < -0.4 is 0 Å². The molecule has 0 N–H and O–H groups in total. The molecule has 0 fully saturated rings. The van der Waals surface area contributed by atoms with Crippen LogP contribution >= 0.6 is 11.8 Å². The SMILES string of the molecule is C1=C(C(c2ccccc2)c2ccccc2)SCC1. The van der Waals surface area contributed by atoms with Gasteiger partial charge in [-0.05, 0) is 22.5 Å². The topological polar surface area (TPSA) is 0 Å². The second kappa shape index (κ2) is 5.45. The van der Waals surface area contributed by atoms with Gasteiger partial charge in [-0.25, -0.2) is 0 Å². The normalized spacial score (nSPS) is 14.8. The molecule has 1 heterocycles. The first-order valence-corrected chi connectivity index (χ1v) is 7.36. The van der Waals surface area contributed by atoms with Gasteiger partial charge < -0.3 is 0 Å². The van der Waals surface area contributed by atoms with Gasteiger partial charge in [0.15, 0.2) is 0 Å². The van der Waals surface area contributed by atoms with E-state index in [0.29, 0.717) is 5.92 Å². The van der Waals surface area contributed by atoms with E-state index < -0.39 is 0 Å². The molecule has 0 aliphatic carbocycles. The summed E-state index contributed by atoms with van der Waals surface area (Å²) >= 11 is 2.00. The van der Waals surface area contributed by atoms with Gasteiger partial charge in [-0.15, -0.1) is 11.8 Å². The van der Waals surface area contributed by atoms with Crippen LogP contribution in [-0.2, 0) is 0 Å². The Kier molecular flexibility index (Phi) is 3.51. The maximum absolute atomic E-state index is 2.40. The molecule has 1 heteroatoms. The van der Waals surface area contributed by atoms with E-state index in [0.717, 1.165) is 0 Å². The minimum absolute atomic E-state index is 0.417. The summed E-state index contributed by atoms with van der Waals surface area (Å²) in [6, 6.07) is 21.6. The summed E-state index contributed by atoms with van der Waals surface area (Å²) in [4.78, 5) is 1.51. The van der Waals surface area contributed by atoms with E-state index in [1.807, 2.05) is 11.8 Å². The van der Waals surface area contributed by atoms with E-state index >= 15 is 0 Å². The van der Waals surface area contributed by atoms with Gasteiger partial charge in [0.05, 0.1) is 0 Å². The van der Waals surface area contributed by atoms with E-state index in [1.165, 1.54) is 28.2 Å². The van der Waals surface area contributed by atoms with Gasteiger partial charge in [-0.1, -0.05) is 66.7 Å². The largest absolute Gasteiger partial charge is 0.130 e. The third-order valence-corrected chi connectivity index (χ3v) is 4.46. The second-order valence-corrected chi connectivity index (χ2v) is 5.67. The molecule has 0 saturated heterocycles. The minimum atomic E-state index is 0.417. The number of thioether (sulfide) groups is 1. The van der Waals surface area contributed by atoms with Crippen molar-refractivity contribution in [2.24, 2.45) is 0 Å². The standard InChI is InChI=1S/C17H16S/c1-3-8-14(9-4-1)17(16-12-7-13-18-16)15-10-5-2-6-11-15/h1-6,8-12,17H,7,13H2. The molecular formula is C17H16S. The zero-order valence-corrected chi connectivity index (χ0v) is 11.1. The molecule has 3 rings (SSSR count). The summed E-state index contributed by atoms with van der Waals surface area (Å²) in [5.41, 5.74) is 2.79. The summed E-state index contributed by atoms with van der Waals surface area (Å²) < 4.78 is 0. The maximum atomic E-state index is 2.40. The van der Waals surface area contributed by atoms with Crippen molar-refractivity contribution in [3.05, 3.63) is 82.8 Å². The summed E-state index contributed by atoms with van der Waals surface area (Å²) in [5, 5.41) is 0. The van der Waals surface area contributed by atoms with Crippen LogP contribution in [0.4, 0.5) is 0 Å². The quantitative estimate of drug-likeness (QED) is 0.753. The smallest absolute Gasteiger partial charge is 0.0396 e. The highest BCUT2D eigenvalue weighted by Gasteiger charge is 2.21. The lowest BCUT2D eigenvalue weighted by atomic mass is 9.90. The number of hydrogen-bond acceptors (Lipinski definition) is 1. The Balaban J connectivity index is 2.04. The number of benzene rings is 2. The molecule has 0 bridgehead atoms. The van der Waals surface area contributed by atoms with E-state index in [-0.39, 0.29) is 0 Å². The molecule has 0 saturated carbocycles. The van der Waals surface area contributed by atoms with E-state index in [2.05, 4.69) is 66.7 Å². The zero-order valence-electron chi connectivity index (χ0n) is 10.3. The highest BCUT2D eigenvalue weighted by molar-refractivity contribution is 8.03. The molecule has 2 aromatic carbocycles. The molecule has 0 spiro atoms. The number of rotatable bonds is 3. The van der Waals surface area contributed by atoms with Crippen LogP contribution in [0, 0.1) is 0 Å². The molecule has 18 heavy (non-hydrogen) atoms. The van der Waals surface area contributed by atoms with Gasteiger partial charge in [-0.3, -0.25) is 0 Å². The van der Waals surface area contributed by atoms with Crippen LogP contribution in [0.1, 0.15) is 23.5 Å². The van der Waals surface area contributed by atoms with Crippen molar-refractivity contribution in [3.63, 3.8) is 0 Å². The lowest BCUT2D eigenvalue weighted by Crippen LogP contribution is -2.01. The van der Waals surface area contributed by atoms with Crippen molar-refractivity contribution in [1.82, 2.24) is 0 Å². The van der Waals surface area contributed by atoms with Gasteiger partial charge >= 0.3 is 0 Å². The summed E-state index contributed by atoms with van der Waals surface area (Å²) in [6.07, 6.45) is 3.60. The summed E-state index contributed by atoms with van der Waals surface area (Å²) in [7, 11) is 0. The molecule has 0 amide bonds. The Morgan fingerprint density at radius 3 is 1.78 bits per heavy atom. The first kappa shape index (κ1) is 11.6. The average Bonchev–Trinajstić information content (AvgIpc) is 2.95. The zero-order chi connectivity index (χ0) is 12.2.